The van der Waals surface area contributed by atoms with Crippen LogP contribution in [0.25, 0.3) is 12.2 Å². The number of aromatic nitrogens is 4. The molecular formula is C23H21F2N5O. The second-order valence-electron chi connectivity index (χ2n) is 7.37. The van der Waals surface area contributed by atoms with E-state index in [2.05, 4.69) is 10.1 Å². The average molecular weight is 421 g/mol. The van der Waals surface area contributed by atoms with Crippen LogP contribution in [0, 0.1) is 11.6 Å². The van der Waals surface area contributed by atoms with E-state index in [0.717, 1.165) is 23.3 Å². The van der Waals surface area contributed by atoms with E-state index in [4.69, 9.17) is 5.73 Å². The van der Waals surface area contributed by atoms with E-state index >= 15 is 0 Å². The molecule has 1 atom stereocenters. The summed E-state index contributed by atoms with van der Waals surface area (Å²) in [7, 11) is 0. The first kappa shape index (κ1) is 20.5. The monoisotopic (exact) mass is 421 g/mol. The van der Waals surface area contributed by atoms with Gasteiger partial charge >= 0.3 is 0 Å². The van der Waals surface area contributed by atoms with Crippen LogP contribution in [-0.4, -0.2) is 24.4 Å². The molecule has 8 heteroatoms. The van der Waals surface area contributed by atoms with Gasteiger partial charge in [0.25, 0.3) is 0 Å². The molecule has 3 N–H and O–H groups in total. The molecule has 0 amide bonds. The third kappa shape index (κ3) is 4.87. The van der Waals surface area contributed by atoms with Gasteiger partial charge in [-0.1, -0.05) is 30.4 Å². The number of nitrogen functional groups attached to an aromatic ring is 1. The van der Waals surface area contributed by atoms with Crippen LogP contribution in [0.1, 0.15) is 16.7 Å². The number of nitrogens with two attached hydrogens (primary N) is 1. The highest BCUT2D eigenvalue weighted by Crippen LogP contribution is 2.29. The molecule has 0 aliphatic rings. The summed E-state index contributed by atoms with van der Waals surface area (Å²) in [4.78, 5) is 3.87. The topological polar surface area (TPSA) is 81.9 Å². The Labute approximate surface area is 177 Å². The van der Waals surface area contributed by atoms with Gasteiger partial charge in [-0.15, -0.1) is 0 Å². The van der Waals surface area contributed by atoms with Crippen LogP contribution in [0.2, 0.25) is 0 Å². The maximum absolute atomic E-state index is 14.5. The van der Waals surface area contributed by atoms with Crippen molar-refractivity contribution in [2.24, 2.45) is 0 Å². The molecule has 0 saturated heterocycles. The second kappa shape index (κ2) is 8.53. The number of hydrogen-bond donors (Lipinski definition) is 2. The van der Waals surface area contributed by atoms with Gasteiger partial charge in [-0.2, -0.15) is 5.10 Å². The summed E-state index contributed by atoms with van der Waals surface area (Å²) < 4.78 is 31.1. The van der Waals surface area contributed by atoms with Crippen molar-refractivity contribution in [2.45, 2.75) is 18.7 Å². The molecule has 0 bridgehead atoms. The van der Waals surface area contributed by atoms with Gasteiger partial charge in [-0.3, -0.25) is 0 Å². The van der Waals surface area contributed by atoms with Gasteiger partial charge in [0, 0.05) is 29.7 Å². The molecule has 0 spiro atoms. The maximum Gasteiger partial charge on any atom is 0.137 e. The van der Waals surface area contributed by atoms with Crippen molar-refractivity contribution in [1.82, 2.24) is 19.3 Å². The standard InChI is InChI=1S/C23H21F2N5O/c24-19-5-8-21(22(25)11-19)23(31,14-30-16-27-15-28-30)13-29-10-9-18(12-29)2-1-17-3-6-20(26)7-4-17/h1-12,15-16,31H,13-14,26H2/b2-1+. The molecule has 0 aliphatic carbocycles. The lowest BCUT2D eigenvalue weighted by Crippen LogP contribution is -2.37. The molecule has 6 nitrogen and oxygen atoms in total. The number of nitrogens with zero attached hydrogens (tertiary/aromatic N) is 4. The first-order chi connectivity index (χ1) is 14.9. The molecule has 0 saturated carbocycles. The van der Waals surface area contributed by atoms with Crippen molar-refractivity contribution in [3.63, 3.8) is 0 Å². The van der Waals surface area contributed by atoms with Crippen LogP contribution in [0.3, 0.4) is 0 Å². The van der Waals surface area contributed by atoms with Gasteiger partial charge in [0.1, 0.15) is 29.9 Å². The van der Waals surface area contributed by atoms with E-state index in [0.29, 0.717) is 5.69 Å². The van der Waals surface area contributed by atoms with Crippen LogP contribution in [0.15, 0.2) is 73.6 Å². The Balaban J connectivity index is 1.59. The van der Waals surface area contributed by atoms with Crippen molar-refractivity contribution in [2.75, 3.05) is 5.73 Å². The van der Waals surface area contributed by atoms with Crippen molar-refractivity contribution in [1.29, 1.82) is 0 Å². The lowest BCUT2D eigenvalue weighted by atomic mass is 9.92. The molecule has 2 aromatic carbocycles. The smallest absolute Gasteiger partial charge is 0.137 e. The van der Waals surface area contributed by atoms with Crippen LogP contribution in [-0.2, 0) is 18.7 Å². The predicted octanol–water partition coefficient (Wildman–Crippen LogP) is 3.70. The minimum atomic E-state index is -1.68. The fraction of sp³-hybridized carbons (Fsp3) is 0.130. The van der Waals surface area contributed by atoms with Crippen molar-refractivity contribution in [3.8, 4) is 0 Å². The summed E-state index contributed by atoms with van der Waals surface area (Å²) in [5.41, 5.74) is 6.61. The fourth-order valence-electron chi connectivity index (χ4n) is 3.43. The molecule has 4 rings (SSSR count). The van der Waals surface area contributed by atoms with Crippen LogP contribution in [0.5, 0.6) is 0 Å². The highest BCUT2D eigenvalue weighted by atomic mass is 19.1. The van der Waals surface area contributed by atoms with Crippen molar-refractivity contribution in [3.05, 3.63) is 102 Å². The van der Waals surface area contributed by atoms with Gasteiger partial charge < -0.3 is 15.4 Å². The Kier molecular flexibility index (Phi) is 5.64. The molecule has 0 radical (unpaired) electrons. The second-order valence-corrected chi connectivity index (χ2v) is 7.37. The van der Waals surface area contributed by atoms with E-state index in [-0.39, 0.29) is 18.7 Å². The van der Waals surface area contributed by atoms with Crippen LogP contribution in [0.4, 0.5) is 14.5 Å². The van der Waals surface area contributed by atoms with E-state index < -0.39 is 17.2 Å². The first-order valence-corrected chi connectivity index (χ1v) is 9.61. The van der Waals surface area contributed by atoms with E-state index in [1.807, 2.05) is 48.7 Å². The van der Waals surface area contributed by atoms with E-state index in [1.54, 1.807) is 10.8 Å². The first-order valence-electron chi connectivity index (χ1n) is 9.61. The SMILES string of the molecule is Nc1ccc(/C=C/c2ccn(CC(O)(Cn3cncn3)c3ccc(F)cc3F)c2)cc1. The summed E-state index contributed by atoms with van der Waals surface area (Å²) in [6.07, 6.45) is 10.3. The third-order valence-electron chi connectivity index (χ3n) is 4.94. The number of aliphatic hydroxyl groups is 1. The Morgan fingerprint density at radius 1 is 1.00 bits per heavy atom. The number of anilines is 1. The van der Waals surface area contributed by atoms with E-state index in [1.165, 1.54) is 23.4 Å². The zero-order chi connectivity index (χ0) is 21.8. The molecule has 31 heavy (non-hydrogen) atoms. The van der Waals surface area contributed by atoms with Crippen LogP contribution < -0.4 is 5.73 Å². The fourth-order valence-corrected chi connectivity index (χ4v) is 3.43. The Morgan fingerprint density at radius 2 is 1.77 bits per heavy atom. The van der Waals surface area contributed by atoms with Gasteiger partial charge in [0.05, 0.1) is 13.1 Å². The van der Waals surface area contributed by atoms with Gasteiger partial charge in [-0.25, -0.2) is 18.4 Å². The third-order valence-corrected chi connectivity index (χ3v) is 4.94. The number of halogens is 2. The molecule has 1 unspecified atom stereocenters. The van der Waals surface area contributed by atoms with Crippen LogP contribution >= 0.6 is 0 Å². The Morgan fingerprint density at radius 3 is 2.48 bits per heavy atom. The number of rotatable bonds is 7. The maximum atomic E-state index is 14.5. The highest BCUT2D eigenvalue weighted by Gasteiger charge is 2.34. The normalized spacial score (nSPS) is 13.5. The molecular weight excluding hydrogens is 400 g/mol. The lowest BCUT2D eigenvalue weighted by molar-refractivity contribution is -0.00534. The molecule has 2 aromatic heterocycles. The minimum absolute atomic E-state index is 0.0166. The average Bonchev–Trinajstić information content (AvgIpc) is 3.39. The van der Waals surface area contributed by atoms with Gasteiger partial charge in [-0.05, 0) is 35.4 Å². The van der Waals surface area contributed by atoms with Gasteiger partial charge in [0.15, 0.2) is 0 Å². The molecule has 2 heterocycles. The molecule has 0 fully saturated rings. The predicted molar refractivity (Wildman–Crippen MR) is 114 cm³/mol. The zero-order valence-corrected chi connectivity index (χ0v) is 16.6. The summed E-state index contributed by atoms with van der Waals surface area (Å²) >= 11 is 0. The zero-order valence-electron chi connectivity index (χ0n) is 16.6. The summed E-state index contributed by atoms with van der Waals surface area (Å²) in [5, 5.41) is 15.4. The van der Waals surface area contributed by atoms with Gasteiger partial charge in [0.2, 0.25) is 0 Å². The Bertz CT molecular complexity index is 1190. The largest absolute Gasteiger partial charge is 0.399 e. The highest BCUT2D eigenvalue weighted by molar-refractivity contribution is 5.70. The van der Waals surface area contributed by atoms with E-state index in [9.17, 15) is 13.9 Å². The summed E-state index contributed by atoms with van der Waals surface area (Å²) in [5.74, 6) is -1.53. The molecule has 4 aromatic rings. The number of benzene rings is 2. The molecule has 158 valence electrons. The van der Waals surface area contributed by atoms with Crippen molar-refractivity contribution >= 4 is 17.8 Å². The summed E-state index contributed by atoms with van der Waals surface area (Å²) in [6.45, 7) is -0.0184. The number of hydrogen-bond acceptors (Lipinski definition) is 4. The quantitative estimate of drug-likeness (QED) is 0.446. The lowest BCUT2D eigenvalue weighted by Gasteiger charge is -2.29. The summed E-state index contributed by atoms with van der Waals surface area (Å²) in [6, 6.07) is 12.5. The molecule has 0 aliphatic heterocycles. The Hall–Kier alpha value is -3.78. The minimum Gasteiger partial charge on any atom is -0.399 e. The van der Waals surface area contributed by atoms with Crippen molar-refractivity contribution < 1.29 is 13.9 Å².